The summed E-state index contributed by atoms with van der Waals surface area (Å²) >= 11 is 0. The highest BCUT2D eigenvalue weighted by Crippen LogP contribution is 2.19. The Balaban J connectivity index is 1.75. The minimum absolute atomic E-state index is 0.0642. The van der Waals surface area contributed by atoms with Crippen LogP contribution < -0.4 is 5.32 Å². The number of carbonyl (C=O) groups excluding carboxylic acids is 1. The van der Waals surface area contributed by atoms with Gasteiger partial charge in [-0.3, -0.25) is 14.7 Å². The predicted molar refractivity (Wildman–Crippen MR) is 115 cm³/mol. The number of guanidine groups is 1. The summed E-state index contributed by atoms with van der Waals surface area (Å²) in [4.78, 5) is 23.4. The highest BCUT2D eigenvalue weighted by Gasteiger charge is 2.30. The lowest BCUT2D eigenvalue weighted by Crippen LogP contribution is -2.43. The Labute approximate surface area is 171 Å². The van der Waals surface area contributed by atoms with Crippen LogP contribution in [0.15, 0.2) is 4.99 Å². The van der Waals surface area contributed by atoms with E-state index in [4.69, 9.17) is 9.73 Å². The first-order chi connectivity index (χ1) is 13.5. The van der Waals surface area contributed by atoms with Crippen LogP contribution in [0.1, 0.15) is 45.4 Å². The maximum atomic E-state index is 12.3. The molecule has 1 unspecified atom stereocenters. The van der Waals surface area contributed by atoms with Crippen LogP contribution in [0, 0.1) is 5.92 Å². The molecule has 2 aliphatic rings. The highest BCUT2D eigenvalue weighted by atomic mass is 16.5. The molecule has 0 aromatic heterocycles. The summed E-state index contributed by atoms with van der Waals surface area (Å²) in [6.07, 6.45) is 6.66. The van der Waals surface area contributed by atoms with Crippen molar-refractivity contribution < 1.29 is 9.53 Å². The maximum Gasteiger partial charge on any atom is 0.239 e. The third-order valence-corrected chi connectivity index (χ3v) is 5.86. The molecular weight excluding hydrogens is 354 g/mol. The molecule has 1 N–H and O–H groups in total. The number of hydrogen-bond acceptors (Lipinski definition) is 4. The zero-order chi connectivity index (χ0) is 20.4. The number of amides is 1. The minimum atomic E-state index is 0.0642. The molecule has 0 radical (unpaired) electrons. The zero-order valence-corrected chi connectivity index (χ0v) is 18.5. The van der Waals surface area contributed by atoms with E-state index in [-0.39, 0.29) is 11.9 Å². The van der Waals surface area contributed by atoms with Gasteiger partial charge in [0.25, 0.3) is 0 Å². The topological polar surface area (TPSA) is 60.4 Å². The van der Waals surface area contributed by atoms with E-state index >= 15 is 0 Å². The Morgan fingerprint density at radius 3 is 2.64 bits per heavy atom. The second kappa shape index (κ2) is 12.3. The quantitative estimate of drug-likeness (QED) is 0.365. The number of nitrogens with zero attached hydrogens (tertiary/aromatic N) is 4. The number of rotatable bonds is 9. The van der Waals surface area contributed by atoms with Crippen molar-refractivity contribution >= 4 is 11.9 Å². The summed E-state index contributed by atoms with van der Waals surface area (Å²) in [5, 5.41) is 3.42. The number of ether oxygens (including phenoxy) is 1. The van der Waals surface area contributed by atoms with E-state index in [9.17, 15) is 4.79 Å². The first kappa shape index (κ1) is 22.9. The van der Waals surface area contributed by atoms with Gasteiger partial charge in [-0.15, -0.1) is 0 Å². The molecule has 0 saturated carbocycles. The number of hydrogen-bond donors (Lipinski definition) is 1. The first-order valence-electron chi connectivity index (χ1n) is 11.0. The third kappa shape index (κ3) is 7.24. The molecule has 1 amide bonds. The molecule has 0 aromatic carbocycles. The summed E-state index contributed by atoms with van der Waals surface area (Å²) in [7, 11) is 5.83. The average molecular weight is 396 g/mol. The van der Waals surface area contributed by atoms with E-state index in [0.29, 0.717) is 0 Å². The molecule has 162 valence electrons. The molecule has 0 aromatic rings. The van der Waals surface area contributed by atoms with Gasteiger partial charge in [0, 0.05) is 60.5 Å². The molecule has 2 saturated heterocycles. The van der Waals surface area contributed by atoms with Crippen molar-refractivity contribution in [1.82, 2.24) is 20.0 Å². The number of likely N-dealkylation sites (tertiary alicyclic amines) is 1. The fourth-order valence-electron chi connectivity index (χ4n) is 4.12. The number of carbonyl (C=O) groups is 1. The van der Waals surface area contributed by atoms with Gasteiger partial charge in [-0.25, -0.2) is 0 Å². The largest absolute Gasteiger partial charge is 0.381 e. The van der Waals surface area contributed by atoms with Crippen LogP contribution in [0.4, 0.5) is 0 Å². The van der Waals surface area contributed by atoms with Gasteiger partial charge in [-0.05, 0) is 57.9 Å². The van der Waals surface area contributed by atoms with Crippen molar-refractivity contribution in [2.24, 2.45) is 10.9 Å². The fourth-order valence-corrected chi connectivity index (χ4v) is 4.12. The van der Waals surface area contributed by atoms with Crippen molar-refractivity contribution in [1.29, 1.82) is 0 Å². The predicted octanol–water partition coefficient (Wildman–Crippen LogP) is 1.64. The van der Waals surface area contributed by atoms with Gasteiger partial charge in [-0.1, -0.05) is 0 Å². The van der Waals surface area contributed by atoms with Gasteiger partial charge >= 0.3 is 0 Å². The molecule has 1 atom stereocenters. The van der Waals surface area contributed by atoms with Gasteiger partial charge in [0.15, 0.2) is 5.96 Å². The molecule has 0 spiro atoms. The smallest absolute Gasteiger partial charge is 0.239 e. The minimum Gasteiger partial charge on any atom is -0.381 e. The second-order valence-corrected chi connectivity index (χ2v) is 8.28. The summed E-state index contributed by atoms with van der Waals surface area (Å²) in [6.45, 7) is 8.62. The standard InChI is InChI=1S/C21H41N5O2/c1-5-22-21(25(4)15-9-18-10-16-28-17-11-18)23-12-7-14-26-13-6-8-19(26)20(27)24(2)3/h18-19H,5-17H2,1-4H3,(H,22,23). The van der Waals surface area contributed by atoms with Gasteiger partial charge in [-0.2, -0.15) is 0 Å². The fraction of sp³-hybridized carbons (Fsp3) is 0.905. The van der Waals surface area contributed by atoms with Crippen molar-refractivity contribution in [3.63, 3.8) is 0 Å². The Kier molecular flexibility index (Phi) is 10.1. The first-order valence-corrected chi connectivity index (χ1v) is 11.0. The molecule has 2 rings (SSSR count). The van der Waals surface area contributed by atoms with Crippen LogP contribution in [-0.4, -0.2) is 99.7 Å². The van der Waals surface area contributed by atoms with E-state index < -0.39 is 0 Å². The number of nitrogens with one attached hydrogen (secondary N) is 1. The lowest BCUT2D eigenvalue weighted by Gasteiger charge is -2.27. The Bertz CT molecular complexity index is 491. The van der Waals surface area contributed by atoms with E-state index in [0.717, 1.165) is 77.1 Å². The zero-order valence-electron chi connectivity index (χ0n) is 18.5. The Morgan fingerprint density at radius 2 is 1.96 bits per heavy atom. The van der Waals surface area contributed by atoms with Crippen LogP contribution in [0.25, 0.3) is 0 Å². The number of likely N-dealkylation sites (N-methyl/N-ethyl adjacent to an activating group) is 1. The van der Waals surface area contributed by atoms with Crippen molar-refractivity contribution in [3.05, 3.63) is 0 Å². The molecular formula is C21H41N5O2. The van der Waals surface area contributed by atoms with Crippen molar-refractivity contribution in [2.45, 2.75) is 51.5 Å². The van der Waals surface area contributed by atoms with E-state index in [1.807, 2.05) is 14.1 Å². The molecule has 7 heteroatoms. The van der Waals surface area contributed by atoms with E-state index in [1.165, 1.54) is 19.3 Å². The van der Waals surface area contributed by atoms with Crippen molar-refractivity contribution in [3.8, 4) is 0 Å². The monoisotopic (exact) mass is 395 g/mol. The van der Waals surface area contributed by atoms with Gasteiger partial charge < -0.3 is 19.9 Å². The summed E-state index contributed by atoms with van der Waals surface area (Å²) in [5.74, 6) is 2.01. The van der Waals surface area contributed by atoms with Crippen LogP contribution in [-0.2, 0) is 9.53 Å². The van der Waals surface area contributed by atoms with Crippen LogP contribution in [0.2, 0.25) is 0 Å². The van der Waals surface area contributed by atoms with E-state index in [1.54, 1.807) is 4.90 Å². The molecule has 0 bridgehead atoms. The van der Waals surface area contributed by atoms with Crippen molar-refractivity contribution in [2.75, 3.05) is 67.1 Å². The Hall–Kier alpha value is -1.34. The summed E-state index contributed by atoms with van der Waals surface area (Å²) in [6, 6.07) is 0.0642. The molecule has 2 heterocycles. The van der Waals surface area contributed by atoms with Crippen LogP contribution in [0.5, 0.6) is 0 Å². The average Bonchev–Trinajstić information content (AvgIpc) is 3.17. The van der Waals surface area contributed by atoms with Gasteiger partial charge in [0.1, 0.15) is 0 Å². The van der Waals surface area contributed by atoms with E-state index in [2.05, 4.69) is 29.1 Å². The maximum absolute atomic E-state index is 12.3. The number of aliphatic imine (C=N–C) groups is 1. The van der Waals surface area contributed by atoms with Gasteiger partial charge in [0.05, 0.1) is 6.04 Å². The molecule has 7 nitrogen and oxygen atoms in total. The van der Waals surface area contributed by atoms with Crippen LogP contribution in [0.3, 0.4) is 0 Å². The third-order valence-electron chi connectivity index (χ3n) is 5.86. The lowest BCUT2D eigenvalue weighted by atomic mass is 9.96. The Morgan fingerprint density at radius 1 is 1.21 bits per heavy atom. The molecule has 2 fully saturated rings. The van der Waals surface area contributed by atoms with Gasteiger partial charge in [0.2, 0.25) is 5.91 Å². The summed E-state index contributed by atoms with van der Waals surface area (Å²) < 4.78 is 5.46. The molecule has 0 aliphatic carbocycles. The molecule has 28 heavy (non-hydrogen) atoms. The lowest BCUT2D eigenvalue weighted by molar-refractivity contribution is -0.133. The second-order valence-electron chi connectivity index (χ2n) is 8.28. The molecule has 2 aliphatic heterocycles. The SMILES string of the molecule is CCNC(=NCCCN1CCCC1C(=O)N(C)C)N(C)CCC1CCOCC1. The summed E-state index contributed by atoms with van der Waals surface area (Å²) in [5.41, 5.74) is 0. The highest BCUT2D eigenvalue weighted by molar-refractivity contribution is 5.81. The van der Waals surface area contributed by atoms with Crippen LogP contribution >= 0.6 is 0 Å². The normalized spacial score (nSPS) is 21.7.